The summed E-state index contributed by atoms with van der Waals surface area (Å²) in [4.78, 5) is 19.9. The molecule has 0 saturated carbocycles. The van der Waals surface area contributed by atoms with Crippen molar-refractivity contribution >= 4 is 27.0 Å². The fraction of sp³-hybridized carbons (Fsp3) is 0.333. The lowest BCUT2D eigenvalue weighted by molar-refractivity contribution is 0.116. The molecule has 0 N–H and O–H groups in total. The van der Waals surface area contributed by atoms with Crippen LogP contribution in [0.5, 0.6) is 0 Å². The van der Waals surface area contributed by atoms with E-state index in [0.717, 1.165) is 19.5 Å². The summed E-state index contributed by atoms with van der Waals surface area (Å²) in [7, 11) is 2.00. The van der Waals surface area contributed by atoms with Crippen LogP contribution in [0.3, 0.4) is 0 Å². The van der Waals surface area contributed by atoms with E-state index in [0.29, 0.717) is 22.3 Å². The highest BCUT2D eigenvalue weighted by Gasteiger charge is 2.27. The van der Waals surface area contributed by atoms with Crippen molar-refractivity contribution < 1.29 is 17.6 Å². The number of imidazole rings is 1. The average molecular weight is 523 g/mol. The quantitative estimate of drug-likeness (QED) is 0.393. The molecule has 33 heavy (non-hydrogen) atoms. The van der Waals surface area contributed by atoms with Gasteiger partial charge in [-0.1, -0.05) is 0 Å². The Bertz CT molecular complexity index is 1380. The summed E-state index contributed by atoms with van der Waals surface area (Å²) in [5.74, 6) is -1.30. The molecule has 1 atom stereocenters. The molecular weight excluding hydrogens is 505 g/mol. The monoisotopic (exact) mass is 522 g/mol. The normalized spacial score (nSPS) is 17.0. The molecule has 5 rings (SSSR count). The smallest absolute Gasteiger partial charge is 0.329 e. The Morgan fingerprint density at radius 1 is 1.24 bits per heavy atom. The minimum Gasteiger partial charge on any atom is -0.415 e. The van der Waals surface area contributed by atoms with Crippen LogP contribution in [-0.4, -0.2) is 49.4 Å². The molecular formula is C21H18BrF3N6O2. The summed E-state index contributed by atoms with van der Waals surface area (Å²) in [6.07, 6.45) is -0.629. The van der Waals surface area contributed by atoms with Crippen molar-refractivity contribution in [2.75, 3.05) is 20.1 Å². The summed E-state index contributed by atoms with van der Waals surface area (Å²) in [5, 5.41) is 6.91. The highest BCUT2D eigenvalue weighted by molar-refractivity contribution is 9.10. The first kappa shape index (κ1) is 21.8. The molecule has 0 bridgehead atoms. The van der Waals surface area contributed by atoms with E-state index in [1.165, 1.54) is 16.8 Å². The lowest BCUT2D eigenvalue weighted by atomic mass is 10.2. The molecule has 1 aromatic carbocycles. The van der Waals surface area contributed by atoms with E-state index in [9.17, 15) is 18.0 Å². The van der Waals surface area contributed by atoms with Gasteiger partial charge >= 0.3 is 12.1 Å². The number of aromatic nitrogens is 5. The van der Waals surface area contributed by atoms with Crippen LogP contribution in [0.2, 0.25) is 0 Å². The van der Waals surface area contributed by atoms with Gasteiger partial charge in [0.25, 0.3) is 5.89 Å². The third-order valence-electron chi connectivity index (χ3n) is 5.76. The van der Waals surface area contributed by atoms with E-state index >= 15 is 0 Å². The summed E-state index contributed by atoms with van der Waals surface area (Å²) in [5.41, 5.74) is 1.78. The first-order valence-electron chi connectivity index (χ1n) is 10.2. The number of hydrogen-bond donors (Lipinski definition) is 0. The second-order valence-corrected chi connectivity index (χ2v) is 8.84. The van der Waals surface area contributed by atoms with Crippen molar-refractivity contribution in [3.63, 3.8) is 0 Å². The lowest BCUT2D eigenvalue weighted by Crippen LogP contribution is -2.29. The Labute approximate surface area is 193 Å². The number of halogens is 4. The number of fused-ring (bicyclic) bond motifs is 1. The van der Waals surface area contributed by atoms with E-state index in [2.05, 4.69) is 36.0 Å². The molecule has 3 aromatic heterocycles. The number of hydrogen-bond acceptors (Lipinski definition) is 6. The van der Waals surface area contributed by atoms with Gasteiger partial charge in [-0.25, -0.2) is 9.18 Å². The van der Waals surface area contributed by atoms with Crippen molar-refractivity contribution in [3.8, 4) is 11.5 Å². The standard InChI is InChI=1S/C21H18BrF3N6O2/c1-29-5-4-13(10-29)31-17-6-14(22)15(23)7-16(17)30(21(31)32)9-12-3-2-11(8-26-12)19-27-28-20(33-19)18(24)25/h2-3,6-8,13,18H,4-5,9-10H2,1H3/t13-/m1/s1. The van der Waals surface area contributed by atoms with Crippen LogP contribution >= 0.6 is 15.9 Å². The molecule has 4 heterocycles. The van der Waals surface area contributed by atoms with Gasteiger partial charge in [0.15, 0.2) is 0 Å². The zero-order valence-electron chi connectivity index (χ0n) is 17.4. The Morgan fingerprint density at radius 3 is 2.70 bits per heavy atom. The highest BCUT2D eigenvalue weighted by Crippen LogP contribution is 2.29. The van der Waals surface area contributed by atoms with Gasteiger partial charge in [-0.05, 0) is 54.1 Å². The van der Waals surface area contributed by atoms with E-state index < -0.39 is 18.1 Å². The van der Waals surface area contributed by atoms with E-state index in [1.807, 2.05) is 7.05 Å². The van der Waals surface area contributed by atoms with Crippen molar-refractivity contribution in [1.29, 1.82) is 0 Å². The Balaban J connectivity index is 1.51. The van der Waals surface area contributed by atoms with Gasteiger partial charge in [0.05, 0.1) is 39.4 Å². The lowest BCUT2D eigenvalue weighted by Gasteiger charge is -2.12. The topological polar surface area (TPSA) is 82.0 Å². The molecule has 1 aliphatic rings. The maximum Gasteiger partial charge on any atom is 0.329 e. The fourth-order valence-electron chi connectivity index (χ4n) is 4.15. The molecule has 0 radical (unpaired) electrons. The minimum absolute atomic E-state index is 0.0134. The molecule has 4 aromatic rings. The number of pyridine rings is 1. The largest absolute Gasteiger partial charge is 0.415 e. The van der Waals surface area contributed by atoms with Gasteiger partial charge in [0, 0.05) is 18.8 Å². The first-order valence-corrected chi connectivity index (χ1v) is 11.0. The maximum absolute atomic E-state index is 14.4. The highest BCUT2D eigenvalue weighted by atomic mass is 79.9. The second-order valence-electron chi connectivity index (χ2n) is 7.98. The minimum atomic E-state index is -2.86. The molecule has 12 heteroatoms. The fourth-order valence-corrected chi connectivity index (χ4v) is 4.48. The van der Waals surface area contributed by atoms with E-state index in [-0.39, 0.29) is 28.6 Å². The number of likely N-dealkylation sites (N-methyl/N-ethyl adjacent to an activating group) is 1. The molecule has 1 fully saturated rings. The summed E-state index contributed by atoms with van der Waals surface area (Å²) in [6, 6.07) is 6.19. The van der Waals surface area contributed by atoms with Gasteiger partial charge < -0.3 is 9.32 Å². The van der Waals surface area contributed by atoms with Crippen LogP contribution in [0.1, 0.15) is 30.5 Å². The zero-order chi connectivity index (χ0) is 23.3. The van der Waals surface area contributed by atoms with Crippen molar-refractivity contribution in [2.45, 2.75) is 25.4 Å². The maximum atomic E-state index is 14.4. The summed E-state index contributed by atoms with van der Waals surface area (Å²) < 4.78 is 48.2. The average Bonchev–Trinajstić information content (AvgIpc) is 3.49. The van der Waals surface area contributed by atoms with E-state index in [4.69, 9.17) is 4.42 Å². The van der Waals surface area contributed by atoms with Gasteiger partial charge in [-0.3, -0.25) is 14.1 Å². The van der Waals surface area contributed by atoms with Crippen LogP contribution in [0.4, 0.5) is 13.2 Å². The molecule has 0 amide bonds. The second kappa shape index (κ2) is 8.41. The number of nitrogens with zero attached hydrogens (tertiary/aromatic N) is 6. The number of benzene rings is 1. The molecule has 1 saturated heterocycles. The van der Waals surface area contributed by atoms with Crippen LogP contribution in [0.15, 0.2) is 44.1 Å². The van der Waals surface area contributed by atoms with Crippen molar-refractivity contribution in [3.05, 3.63) is 62.8 Å². The molecule has 172 valence electrons. The summed E-state index contributed by atoms with van der Waals surface area (Å²) >= 11 is 3.22. The Hall–Kier alpha value is -2.99. The van der Waals surface area contributed by atoms with Crippen molar-refractivity contribution in [2.24, 2.45) is 0 Å². The van der Waals surface area contributed by atoms with Crippen LogP contribution < -0.4 is 5.69 Å². The third-order valence-corrected chi connectivity index (χ3v) is 6.36. The Morgan fingerprint density at radius 2 is 2.06 bits per heavy atom. The first-order chi connectivity index (χ1) is 15.8. The summed E-state index contributed by atoms with van der Waals surface area (Å²) in [6.45, 7) is 1.71. The third kappa shape index (κ3) is 3.97. The van der Waals surface area contributed by atoms with Gasteiger partial charge in [-0.15, -0.1) is 10.2 Å². The molecule has 8 nitrogen and oxygen atoms in total. The predicted octanol–water partition coefficient (Wildman–Crippen LogP) is 4.01. The number of likely N-dealkylation sites (tertiary alicyclic amines) is 1. The molecule has 0 unspecified atom stereocenters. The van der Waals surface area contributed by atoms with Crippen LogP contribution in [-0.2, 0) is 6.54 Å². The predicted molar refractivity (Wildman–Crippen MR) is 117 cm³/mol. The van der Waals surface area contributed by atoms with Gasteiger partial charge in [0.1, 0.15) is 5.82 Å². The van der Waals surface area contributed by atoms with E-state index in [1.54, 1.807) is 22.8 Å². The SMILES string of the molecule is CN1CC[C@@H](n2c(=O)n(Cc3ccc(-c4nnc(C(F)F)o4)cn3)c3cc(F)c(Br)cc32)C1. The van der Waals surface area contributed by atoms with Crippen LogP contribution in [0, 0.1) is 5.82 Å². The molecule has 0 aliphatic carbocycles. The molecule has 0 spiro atoms. The zero-order valence-corrected chi connectivity index (χ0v) is 19.0. The van der Waals surface area contributed by atoms with Crippen molar-refractivity contribution in [1.82, 2.24) is 29.2 Å². The Kier molecular flexibility index (Phi) is 5.57. The number of rotatable bonds is 5. The van der Waals surface area contributed by atoms with Gasteiger partial charge in [-0.2, -0.15) is 8.78 Å². The van der Waals surface area contributed by atoms with Gasteiger partial charge in [0.2, 0.25) is 5.89 Å². The van der Waals surface area contributed by atoms with Crippen LogP contribution in [0.25, 0.3) is 22.5 Å². The number of alkyl halides is 2. The molecule has 1 aliphatic heterocycles.